The fraction of sp³-hybridized carbons (Fsp3) is 0.533. The Bertz CT molecular complexity index is 457. The third kappa shape index (κ3) is 6.16. The monoisotopic (exact) mass is 332 g/mol. The summed E-state index contributed by atoms with van der Waals surface area (Å²) < 4.78 is 5.16. The molecule has 1 unspecified atom stereocenters. The number of hydrogen-bond acceptors (Lipinski definition) is 4. The SMILES string of the molecule is COc1cccc(SCC(=O)NC(C)(CN)C(C)C)c1.Cl. The summed E-state index contributed by atoms with van der Waals surface area (Å²) in [5.41, 5.74) is 5.41. The van der Waals surface area contributed by atoms with E-state index >= 15 is 0 Å². The van der Waals surface area contributed by atoms with Crippen LogP contribution in [0.25, 0.3) is 0 Å². The molecule has 4 nitrogen and oxygen atoms in total. The van der Waals surface area contributed by atoms with Gasteiger partial charge in [-0.1, -0.05) is 19.9 Å². The molecule has 0 spiro atoms. The number of hydrogen-bond donors (Lipinski definition) is 2. The predicted molar refractivity (Wildman–Crippen MR) is 91.4 cm³/mol. The van der Waals surface area contributed by atoms with Gasteiger partial charge in [0.15, 0.2) is 0 Å². The van der Waals surface area contributed by atoms with Crippen LogP contribution < -0.4 is 15.8 Å². The normalized spacial score (nSPS) is 13.2. The standard InChI is InChI=1S/C15H24N2O2S.ClH/c1-11(2)15(3,10-16)17-14(18)9-20-13-7-5-6-12(8-13)19-4;/h5-8,11H,9-10,16H2,1-4H3,(H,17,18);1H. The van der Waals surface area contributed by atoms with Crippen molar-refractivity contribution in [3.8, 4) is 5.75 Å². The lowest BCUT2D eigenvalue weighted by Crippen LogP contribution is -2.55. The lowest BCUT2D eigenvalue weighted by atomic mass is 9.88. The Kier molecular flexibility index (Phi) is 8.78. The Morgan fingerprint density at radius 2 is 2.14 bits per heavy atom. The molecule has 1 aromatic carbocycles. The average Bonchev–Trinajstić information content (AvgIpc) is 2.45. The Morgan fingerprint density at radius 1 is 1.48 bits per heavy atom. The van der Waals surface area contributed by atoms with Crippen LogP contribution in [0.15, 0.2) is 29.2 Å². The quantitative estimate of drug-likeness (QED) is 0.753. The van der Waals surface area contributed by atoms with Crippen LogP contribution in [0.3, 0.4) is 0 Å². The van der Waals surface area contributed by atoms with Crippen molar-refractivity contribution in [1.29, 1.82) is 0 Å². The number of nitrogens with two attached hydrogens (primary N) is 1. The first-order valence-electron chi connectivity index (χ1n) is 6.69. The number of thioether (sulfide) groups is 1. The predicted octanol–water partition coefficient (Wildman–Crippen LogP) is 2.70. The zero-order valence-corrected chi connectivity index (χ0v) is 14.6. The molecule has 0 radical (unpaired) electrons. The maximum absolute atomic E-state index is 12.0. The average molecular weight is 333 g/mol. The number of nitrogens with one attached hydrogen (secondary N) is 1. The molecule has 0 saturated carbocycles. The van der Waals surface area contributed by atoms with E-state index in [4.69, 9.17) is 10.5 Å². The summed E-state index contributed by atoms with van der Waals surface area (Å²) in [6.07, 6.45) is 0. The van der Waals surface area contributed by atoms with E-state index in [1.54, 1.807) is 7.11 Å². The second-order valence-electron chi connectivity index (χ2n) is 5.29. The van der Waals surface area contributed by atoms with Crippen LogP contribution in [0.2, 0.25) is 0 Å². The Balaban J connectivity index is 0.00000400. The number of benzene rings is 1. The number of carbonyl (C=O) groups excluding carboxylic acids is 1. The van der Waals surface area contributed by atoms with Gasteiger partial charge >= 0.3 is 0 Å². The zero-order valence-electron chi connectivity index (χ0n) is 13.0. The second kappa shape index (κ2) is 9.18. The number of amides is 1. The zero-order chi connectivity index (χ0) is 15.2. The molecule has 1 amide bonds. The number of carbonyl (C=O) groups is 1. The summed E-state index contributed by atoms with van der Waals surface area (Å²) in [5.74, 6) is 1.46. The van der Waals surface area contributed by atoms with Crippen molar-refractivity contribution >= 4 is 30.1 Å². The molecular weight excluding hydrogens is 308 g/mol. The highest BCUT2D eigenvalue weighted by Gasteiger charge is 2.28. The largest absolute Gasteiger partial charge is 0.497 e. The fourth-order valence-corrected chi connectivity index (χ4v) is 2.37. The van der Waals surface area contributed by atoms with Crippen molar-refractivity contribution in [1.82, 2.24) is 5.32 Å². The number of halogens is 1. The topological polar surface area (TPSA) is 64.3 Å². The minimum atomic E-state index is -0.355. The molecule has 0 saturated heterocycles. The summed E-state index contributed by atoms with van der Waals surface area (Å²) >= 11 is 1.49. The molecule has 1 aromatic rings. The summed E-state index contributed by atoms with van der Waals surface area (Å²) in [6, 6.07) is 7.68. The van der Waals surface area contributed by atoms with E-state index in [1.165, 1.54) is 11.8 Å². The van der Waals surface area contributed by atoms with Crippen molar-refractivity contribution in [3.63, 3.8) is 0 Å². The minimum absolute atomic E-state index is 0. The first-order chi connectivity index (χ1) is 9.41. The first-order valence-corrected chi connectivity index (χ1v) is 7.67. The summed E-state index contributed by atoms with van der Waals surface area (Å²) in [6.45, 7) is 6.52. The van der Waals surface area contributed by atoms with Gasteiger partial charge in [-0.15, -0.1) is 24.2 Å². The van der Waals surface area contributed by atoms with E-state index in [-0.39, 0.29) is 23.9 Å². The highest BCUT2D eigenvalue weighted by atomic mass is 35.5. The molecule has 1 atom stereocenters. The second-order valence-corrected chi connectivity index (χ2v) is 6.34. The van der Waals surface area contributed by atoms with Crippen LogP contribution in [-0.4, -0.2) is 30.9 Å². The van der Waals surface area contributed by atoms with Gasteiger partial charge < -0.3 is 15.8 Å². The summed E-state index contributed by atoms with van der Waals surface area (Å²) in [4.78, 5) is 13.0. The van der Waals surface area contributed by atoms with Gasteiger partial charge in [0, 0.05) is 11.4 Å². The number of rotatable bonds is 7. The molecule has 0 aliphatic carbocycles. The van der Waals surface area contributed by atoms with Crippen LogP contribution in [-0.2, 0) is 4.79 Å². The maximum atomic E-state index is 12.0. The Hall–Kier alpha value is -0.910. The summed E-state index contributed by atoms with van der Waals surface area (Å²) in [5, 5.41) is 3.03. The van der Waals surface area contributed by atoms with E-state index in [1.807, 2.05) is 31.2 Å². The van der Waals surface area contributed by atoms with Gasteiger partial charge in [-0.05, 0) is 31.0 Å². The van der Waals surface area contributed by atoms with Crippen molar-refractivity contribution in [3.05, 3.63) is 24.3 Å². The Labute approximate surface area is 137 Å². The van der Waals surface area contributed by atoms with Crippen LogP contribution in [0.1, 0.15) is 20.8 Å². The third-order valence-corrected chi connectivity index (χ3v) is 4.53. The van der Waals surface area contributed by atoms with Crippen molar-refractivity contribution in [2.45, 2.75) is 31.2 Å². The molecule has 0 aliphatic heterocycles. The van der Waals surface area contributed by atoms with Gasteiger partial charge in [-0.2, -0.15) is 0 Å². The van der Waals surface area contributed by atoms with Crippen molar-refractivity contribution in [2.75, 3.05) is 19.4 Å². The first kappa shape index (κ1) is 20.1. The molecule has 3 N–H and O–H groups in total. The molecule has 6 heteroatoms. The van der Waals surface area contributed by atoms with E-state index in [9.17, 15) is 4.79 Å². The lowest BCUT2D eigenvalue weighted by Gasteiger charge is -2.33. The van der Waals surface area contributed by atoms with Crippen LogP contribution >= 0.6 is 24.2 Å². The molecule has 21 heavy (non-hydrogen) atoms. The van der Waals surface area contributed by atoms with Gasteiger partial charge in [0.2, 0.25) is 5.91 Å². The molecule has 0 aromatic heterocycles. The van der Waals surface area contributed by atoms with Crippen LogP contribution in [0.5, 0.6) is 5.75 Å². The van der Waals surface area contributed by atoms with Crippen molar-refractivity contribution in [2.24, 2.45) is 11.7 Å². The number of ether oxygens (including phenoxy) is 1. The molecule has 120 valence electrons. The van der Waals surface area contributed by atoms with Gasteiger partial charge in [0.1, 0.15) is 5.75 Å². The third-order valence-electron chi connectivity index (χ3n) is 3.53. The van der Waals surface area contributed by atoms with E-state index in [0.29, 0.717) is 18.2 Å². The van der Waals surface area contributed by atoms with Crippen LogP contribution in [0.4, 0.5) is 0 Å². The van der Waals surface area contributed by atoms with Crippen LogP contribution in [0, 0.1) is 5.92 Å². The summed E-state index contributed by atoms with van der Waals surface area (Å²) in [7, 11) is 1.63. The molecular formula is C15H25ClN2O2S. The molecule has 0 bridgehead atoms. The molecule has 0 fully saturated rings. The smallest absolute Gasteiger partial charge is 0.230 e. The van der Waals surface area contributed by atoms with Gasteiger partial charge in [0.25, 0.3) is 0 Å². The maximum Gasteiger partial charge on any atom is 0.230 e. The fourth-order valence-electron chi connectivity index (χ4n) is 1.63. The van der Waals surface area contributed by atoms with Gasteiger partial charge in [-0.25, -0.2) is 0 Å². The van der Waals surface area contributed by atoms with Gasteiger partial charge in [0.05, 0.1) is 18.4 Å². The van der Waals surface area contributed by atoms with Gasteiger partial charge in [-0.3, -0.25) is 4.79 Å². The highest BCUT2D eigenvalue weighted by Crippen LogP contribution is 2.23. The Morgan fingerprint density at radius 3 is 2.67 bits per heavy atom. The van der Waals surface area contributed by atoms with Crippen molar-refractivity contribution < 1.29 is 9.53 Å². The molecule has 1 rings (SSSR count). The van der Waals surface area contributed by atoms with E-state index in [0.717, 1.165) is 10.6 Å². The van der Waals surface area contributed by atoms with E-state index in [2.05, 4.69) is 19.2 Å². The van der Waals surface area contributed by atoms with E-state index < -0.39 is 0 Å². The molecule has 0 heterocycles. The molecule has 0 aliphatic rings. The number of methoxy groups -OCH3 is 1. The minimum Gasteiger partial charge on any atom is -0.497 e. The lowest BCUT2D eigenvalue weighted by molar-refractivity contribution is -0.120. The highest BCUT2D eigenvalue weighted by molar-refractivity contribution is 8.00.